The molecule has 8 saturated carbocycles. The van der Waals surface area contributed by atoms with E-state index >= 15 is 0 Å². The first-order valence-corrected chi connectivity index (χ1v) is 16.1. The summed E-state index contributed by atoms with van der Waals surface area (Å²) in [6.45, 7) is 2.23. The van der Waals surface area contributed by atoms with Gasteiger partial charge in [0.25, 0.3) is 5.89 Å². The Morgan fingerprint density at radius 2 is 1.60 bits per heavy atom. The Morgan fingerprint density at radius 1 is 0.929 bits per heavy atom. The van der Waals surface area contributed by atoms with Crippen molar-refractivity contribution in [3.8, 4) is 11.5 Å². The second-order valence-corrected chi connectivity index (χ2v) is 14.7. The molecule has 2 aromatic heterocycles. The summed E-state index contributed by atoms with van der Waals surface area (Å²) in [5.41, 5.74) is 1.04. The van der Waals surface area contributed by atoms with Crippen LogP contribution < -0.4 is 4.90 Å². The van der Waals surface area contributed by atoms with Gasteiger partial charge in [-0.05, 0) is 120 Å². The van der Waals surface area contributed by atoms with Gasteiger partial charge >= 0.3 is 0 Å². The lowest BCUT2D eigenvalue weighted by molar-refractivity contribution is -0.133. The lowest BCUT2D eigenvalue weighted by Gasteiger charge is -2.57. The summed E-state index contributed by atoms with van der Waals surface area (Å²) >= 11 is 0. The van der Waals surface area contributed by atoms with Crippen molar-refractivity contribution < 1.29 is 18.2 Å². The number of amides is 1. The fourth-order valence-corrected chi connectivity index (χ4v) is 8.98. The zero-order valence-electron chi connectivity index (χ0n) is 24.2. The van der Waals surface area contributed by atoms with Crippen LogP contribution in [0.4, 0.5) is 10.1 Å². The van der Waals surface area contributed by atoms with Crippen LogP contribution >= 0.6 is 0 Å². The molecule has 8 aliphatic carbocycles. The molecule has 3 aromatic rings. The van der Waals surface area contributed by atoms with Gasteiger partial charge in [0.15, 0.2) is 11.6 Å². The predicted octanol–water partition coefficient (Wildman–Crippen LogP) is 7.03. The van der Waals surface area contributed by atoms with E-state index in [1.807, 2.05) is 29.2 Å². The highest BCUT2D eigenvalue weighted by atomic mass is 19.1. The first-order chi connectivity index (χ1) is 20.4. The molecule has 0 spiro atoms. The van der Waals surface area contributed by atoms with Crippen molar-refractivity contribution in [3.63, 3.8) is 0 Å². The number of aromatic nitrogens is 4. The van der Waals surface area contributed by atoms with E-state index in [2.05, 4.69) is 22.2 Å². The number of carbonyl (C=O) groups is 1. The third kappa shape index (κ3) is 3.73. The summed E-state index contributed by atoms with van der Waals surface area (Å²) < 4.78 is 26.2. The Labute approximate surface area is 244 Å². The molecule has 0 aliphatic heterocycles. The van der Waals surface area contributed by atoms with E-state index < -0.39 is 11.6 Å². The van der Waals surface area contributed by atoms with Crippen LogP contribution in [-0.2, 0) is 10.2 Å². The van der Waals surface area contributed by atoms with Gasteiger partial charge in [-0.1, -0.05) is 16.4 Å². The van der Waals surface area contributed by atoms with E-state index in [-0.39, 0.29) is 28.7 Å². The zero-order valence-corrected chi connectivity index (χ0v) is 24.2. The van der Waals surface area contributed by atoms with Crippen molar-refractivity contribution in [1.29, 1.82) is 0 Å². The molecule has 9 heteroatoms. The smallest absolute Gasteiger partial charge is 0.258 e. The van der Waals surface area contributed by atoms with Crippen molar-refractivity contribution in [3.05, 3.63) is 41.8 Å². The summed E-state index contributed by atoms with van der Waals surface area (Å²) in [6, 6.07) is 7.97. The largest absolute Gasteiger partial charge is 0.339 e. The number of halogens is 1. The maximum absolute atomic E-state index is 14.7. The predicted molar refractivity (Wildman–Crippen MR) is 151 cm³/mol. The first kappa shape index (κ1) is 25.4. The Balaban J connectivity index is 1.03. The van der Waals surface area contributed by atoms with Crippen LogP contribution in [0.5, 0.6) is 0 Å². The minimum absolute atomic E-state index is 0.0100. The van der Waals surface area contributed by atoms with E-state index in [0.29, 0.717) is 37.0 Å². The van der Waals surface area contributed by atoms with Crippen LogP contribution in [0, 0.1) is 16.7 Å². The highest BCUT2D eigenvalue weighted by Crippen LogP contribution is 2.63. The average molecular weight is 572 g/mol. The lowest BCUT2D eigenvalue weighted by atomic mass is 9.51. The molecule has 0 radical (unpaired) electrons. The van der Waals surface area contributed by atoms with E-state index in [1.54, 1.807) is 0 Å². The van der Waals surface area contributed by atoms with Crippen molar-refractivity contribution in [2.75, 3.05) is 4.90 Å². The second-order valence-electron chi connectivity index (χ2n) is 14.7. The van der Waals surface area contributed by atoms with Gasteiger partial charge < -0.3 is 13.9 Å². The highest BCUT2D eigenvalue weighted by Gasteiger charge is 2.63. The van der Waals surface area contributed by atoms with E-state index in [1.165, 1.54) is 0 Å². The molecule has 2 heterocycles. The monoisotopic (exact) mass is 571 g/mol. The summed E-state index contributed by atoms with van der Waals surface area (Å²) in [7, 11) is 0. The molecule has 42 heavy (non-hydrogen) atoms. The van der Waals surface area contributed by atoms with Gasteiger partial charge in [0.05, 0.1) is 5.41 Å². The molecular weight excluding hydrogens is 533 g/mol. The molecule has 8 aliphatic rings. The third-order valence-corrected chi connectivity index (χ3v) is 12.2. The lowest BCUT2D eigenvalue weighted by Crippen LogP contribution is -2.59. The van der Waals surface area contributed by atoms with Crippen LogP contribution in [0.15, 0.2) is 33.3 Å². The minimum atomic E-state index is -0.866. The molecule has 1 aromatic carbocycles. The average Bonchev–Trinajstić information content (AvgIpc) is 3.86. The molecule has 8 fully saturated rings. The number of benzene rings is 1. The van der Waals surface area contributed by atoms with Gasteiger partial charge in [-0.15, -0.1) is 0 Å². The van der Waals surface area contributed by atoms with Gasteiger partial charge in [-0.2, -0.15) is 9.97 Å². The second kappa shape index (κ2) is 8.73. The molecule has 2 atom stereocenters. The minimum Gasteiger partial charge on any atom is -0.339 e. The molecule has 1 amide bonds. The number of carbonyl (C=O) groups excluding carboxylic acids is 1. The molecule has 220 valence electrons. The van der Waals surface area contributed by atoms with Crippen molar-refractivity contribution in [2.24, 2.45) is 16.7 Å². The van der Waals surface area contributed by atoms with Crippen LogP contribution in [0.1, 0.15) is 120 Å². The van der Waals surface area contributed by atoms with Gasteiger partial charge in [0, 0.05) is 34.5 Å². The van der Waals surface area contributed by atoms with Gasteiger partial charge in [0.1, 0.15) is 6.17 Å². The molecule has 4 bridgehead atoms. The van der Waals surface area contributed by atoms with E-state index in [9.17, 15) is 9.18 Å². The number of rotatable bonds is 8. The standard InChI is InChI=1S/C33H38FN5O3/c1-19(31-9-12-32(13-10-31,14-11-31)29-36-27(38-42-29)21-7-8-21)39(30(40)33-16-23(17-33)25(34)18-33)24-4-2-3-22(15-24)28-35-26(37-41-28)20-5-6-20/h2-4,15,19-21,23,25H,5-14,16-18H2,1H3. The fraction of sp³-hybridized carbons (Fsp3) is 0.667. The molecule has 8 nitrogen and oxygen atoms in total. The summed E-state index contributed by atoms with van der Waals surface area (Å²) in [4.78, 5) is 26.2. The SMILES string of the molecule is CC(N(C(=O)C12CC(F)C(C1)C2)c1cccc(-c2nc(C3CC3)no2)c1)C12CCC(c3nc(C4CC4)no3)(CC1)CC2. The Hall–Kier alpha value is -3.10. The van der Waals surface area contributed by atoms with Crippen molar-refractivity contribution in [1.82, 2.24) is 20.3 Å². The van der Waals surface area contributed by atoms with Gasteiger partial charge in [0.2, 0.25) is 11.8 Å². The number of hydrogen-bond donors (Lipinski definition) is 0. The number of nitrogens with zero attached hydrogens (tertiary/aromatic N) is 5. The van der Waals surface area contributed by atoms with E-state index in [4.69, 9.17) is 14.0 Å². The maximum atomic E-state index is 14.7. The highest BCUT2D eigenvalue weighted by molar-refractivity contribution is 6.00. The zero-order chi connectivity index (χ0) is 28.3. The quantitative estimate of drug-likeness (QED) is 0.286. The molecule has 11 rings (SSSR count). The molecule has 0 N–H and O–H groups in total. The van der Waals surface area contributed by atoms with Crippen LogP contribution in [-0.4, -0.2) is 38.4 Å². The Bertz CT molecular complexity index is 1530. The Morgan fingerprint density at radius 3 is 2.24 bits per heavy atom. The fourth-order valence-electron chi connectivity index (χ4n) is 8.98. The normalized spacial score (nSPS) is 35.7. The summed E-state index contributed by atoms with van der Waals surface area (Å²) in [5, 5.41) is 8.54. The van der Waals surface area contributed by atoms with Crippen molar-refractivity contribution in [2.45, 2.75) is 120 Å². The van der Waals surface area contributed by atoms with Gasteiger partial charge in [-0.25, -0.2) is 4.39 Å². The first-order valence-electron chi connectivity index (χ1n) is 16.1. The van der Waals surface area contributed by atoms with Crippen molar-refractivity contribution >= 4 is 11.6 Å². The van der Waals surface area contributed by atoms with Gasteiger partial charge in [-0.3, -0.25) is 4.79 Å². The van der Waals surface area contributed by atoms with Crippen LogP contribution in [0.2, 0.25) is 0 Å². The third-order valence-electron chi connectivity index (χ3n) is 12.2. The number of alkyl halides is 1. The van der Waals surface area contributed by atoms with Crippen LogP contribution in [0.25, 0.3) is 11.5 Å². The maximum Gasteiger partial charge on any atom is 0.258 e. The topological polar surface area (TPSA) is 98.2 Å². The number of hydrogen-bond acceptors (Lipinski definition) is 7. The summed E-state index contributed by atoms with van der Waals surface area (Å²) in [5.74, 6) is 4.00. The number of anilines is 1. The molecule has 2 unspecified atom stereocenters. The van der Waals surface area contributed by atoms with E-state index in [0.717, 1.165) is 93.0 Å². The Kier molecular flexibility index (Phi) is 5.28. The molecular formula is C33H38FN5O3. The van der Waals surface area contributed by atoms with Crippen LogP contribution in [0.3, 0.4) is 0 Å². The number of fused-ring (bicyclic) bond motifs is 4. The molecule has 0 saturated heterocycles. The summed E-state index contributed by atoms with van der Waals surface area (Å²) in [6.07, 6.45) is 11.4.